The fourth-order valence-electron chi connectivity index (χ4n) is 3.22. The lowest BCUT2D eigenvalue weighted by molar-refractivity contribution is -0.154. The Kier molecular flexibility index (Phi) is 3.04. The summed E-state index contributed by atoms with van der Waals surface area (Å²) >= 11 is 0. The van der Waals surface area contributed by atoms with Crippen molar-refractivity contribution in [2.45, 2.75) is 44.8 Å². The van der Waals surface area contributed by atoms with Gasteiger partial charge >= 0.3 is 12.1 Å². The molecule has 19 heavy (non-hydrogen) atoms. The molecule has 2 saturated heterocycles. The van der Waals surface area contributed by atoms with Gasteiger partial charge < -0.3 is 14.6 Å². The van der Waals surface area contributed by atoms with Gasteiger partial charge in [0, 0.05) is 13.7 Å². The third-order valence-corrected chi connectivity index (χ3v) is 3.85. The third-order valence-electron chi connectivity index (χ3n) is 3.85. The summed E-state index contributed by atoms with van der Waals surface area (Å²) in [6.45, 7) is 5.94. The molecule has 2 aliphatic heterocycles. The van der Waals surface area contributed by atoms with Crippen LogP contribution in [0.25, 0.3) is 0 Å². The second-order valence-electron chi connectivity index (χ2n) is 6.66. The van der Waals surface area contributed by atoms with Crippen LogP contribution in [0.15, 0.2) is 0 Å². The van der Waals surface area contributed by atoms with Crippen LogP contribution in [0.3, 0.4) is 0 Å². The van der Waals surface area contributed by atoms with E-state index in [1.165, 1.54) is 4.90 Å². The minimum Gasteiger partial charge on any atom is -0.481 e. The quantitative estimate of drug-likeness (QED) is 0.841. The zero-order chi connectivity index (χ0) is 14.5. The van der Waals surface area contributed by atoms with Gasteiger partial charge in [-0.2, -0.15) is 0 Å². The van der Waals surface area contributed by atoms with E-state index < -0.39 is 28.6 Å². The molecule has 108 valence electrons. The Hall–Kier alpha value is -1.30. The van der Waals surface area contributed by atoms with E-state index in [4.69, 9.17) is 9.47 Å². The SMILES string of the molecule is COCC12CC(C(=O)O)(CN1C(=O)OC(C)(C)C)C2. The number of nitrogens with zero attached hydrogens (tertiary/aromatic N) is 1. The summed E-state index contributed by atoms with van der Waals surface area (Å²) in [6, 6.07) is 0. The van der Waals surface area contributed by atoms with Crippen molar-refractivity contribution in [1.82, 2.24) is 4.90 Å². The summed E-state index contributed by atoms with van der Waals surface area (Å²) in [5, 5.41) is 9.31. The van der Waals surface area contributed by atoms with Crippen LogP contribution < -0.4 is 0 Å². The first kappa shape index (κ1) is 14.1. The van der Waals surface area contributed by atoms with Crippen molar-refractivity contribution >= 4 is 12.1 Å². The van der Waals surface area contributed by atoms with Crippen molar-refractivity contribution in [3.63, 3.8) is 0 Å². The molecule has 1 saturated carbocycles. The molecular formula is C13H21NO5. The second-order valence-corrected chi connectivity index (χ2v) is 6.66. The third kappa shape index (κ3) is 2.18. The van der Waals surface area contributed by atoms with Gasteiger partial charge in [-0.1, -0.05) is 0 Å². The highest BCUT2D eigenvalue weighted by Gasteiger charge is 2.70. The zero-order valence-electron chi connectivity index (χ0n) is 11.9. The van der Waals surface area contributed by atoms with Gasteiger partial charge in [-0.15, -0.1) is 0 Å². The molecule has 3 fully saturated rings. The minimum absolute atomic E-state index is 0.209. The van der Waals surface area contributed by atoms with Crippen molar-refractivity contribution in [3.8, 4) is 0 Å². The van der Waals surface area contributed by atoms with Crippen LogP contribution in [0.1, 0.15) is 33.6 Å². The minimum atomic E-state index is -0.842. The highest BCUT2D eigenvalue weighted by molar-refractivity contribution is 5.82. The maximum atomic E-state index is 12.2. The molecule has 0 spiro atoms. The topological polar surface area (TPSA) is 76.1 Å². The van der Waals surface area contributed by atoms with Crippen LogP contribution in [0.5, 0.6) is 0 Å². The molecule has 0 aromatic heterocycles. The summed E-state index contributed by atoms with van der Waals surface area (Å²) in [5.41, 5.74) is -1.90. The number of methoxy groups -OCH3 is 1. The first-order chi connectivity index (χ1) is 8.64. The lowest BCUT2D eigenvalue weighted by atomic mass is 9.62. The van der Waals surface area contributed by atoms with Gasteiger partial charge in [-0.25, -0.2) is 4.79 Å². The maximum Gasteiger partial charge on any atom is 0.410 e. The Bertz CT molecular complexity index is 406. The Morgan fingerprint density at radius 2 is 1.89 bits per heavy atom. The summed E-state index contributed by atoms with van der Waals surface area (Å²) in [6.07, 6.45) is 0.440. The van der Waals surface area contributed by atoms with Crippen LogP contribution in [0.2, 0.25) is 0 Å². The fourth-order valence-corrected chi connectivity index (χ4v) is 3.22. The van der Waals surface area contributed by atoms with E-state index in [1.54, 1.807) is 27.9 Å². The monoisotopic (exact) mass is 271 g/mol. The van der Waals surface area contributed by atoms with Crippen LogP contribution >= 0.6 is 0 Å². The molecule has 0 radical (unpaired) electrons. The van der Waals surface area contributed by atoms with Gasteiger partial charge in [-0.3, -0.25) is 9.69 Å². The van der Waals surface area contributed by atoms with Gasteiger partial charge in [0.25, 0.3) is 0 Å². The summed E-state index contributed by atoms with van der Waals surface area (Å²) in [4.78, 5) is 25.1. The Balaban J connectivity index is 2.16. The molecule has 6 heteroatoms. The molecule has 1 amide bonds. The predicted octanol–water partition coefficient (Wildman–Crippen LogP) is 1.49. The standard InChI is InChI=1S/C13H21NO5/c1-11(2,3)19-10(17)14-7-12(9(15)16)5-13(14,6-12)8-18-4/h5-8H2,1-4H3,(H,15,16). The highest BCUT2D eigenvalue weighted by atomic mass is 16.6. The fraction of sp³-hybridized carbons (Fsp3) is 0.846. The van der Waals surface area contributed by atoms with E-state index in [1.807, 2.05) is 0 Å². The Labute approximate surface area is 112 Å². The van der Waals surface area contributed by atoms with Gasteiger partial charge in [0.15, 0.2) is 0 Å². The summed E-state index contributed by atoms with van der Waals surface area (Å²) in [7, 11) is 1.56. The number of amides is 1. The van der Waals surface area contributed by atoms with Crippen LogP contribution in [-0.2, 0) is 14.3 Å². The number of carboxylic acids is 1. The number of carbonyl (C=O) groups excluding carboxylic acids is 1. The number of ether oxygens (including phenoxy) is 2. The number of rotatable bonds is 3. The van der Waals surface area contributed by atoms with Crippen molar-refractivity contribution < 1.29 is 24.2 Å². The molecule has 1 aliphatic carbocycles. The molecule has 3 rings (SSSR count). The van der Waals surface area contributed by atoms with Crippen molar-refractivity contribution in [2.75, 3.05) is 20.3 Å². The first-order valence-corrected chi connectivity index (χ1v) is 6.37. The van der Waals surface area contributed by atoms with E-state index >= 15 is 0 Å². The second kappa shape index (κ2) is 4.10. The van der Waals surface area contributed by atoms with Gasteiger partial charge in [0.1, 0.15) is 5.60 Å². The molecule has 0 atom stereocenters. The van der Waals surface area contributed by atoms with Crippen LogP contribution in [0, 0.1) is 5.41 Å². The average Bonchev–Trinajstić information content (AvgIpc) is 2.66. The number of hydrogen-bond donors (Lipinski definition) is 1. The molecule has 6 nitrogen and oxygen atoms in total. The maximum absolute atomic E-state index is 12.2. The molecule has 2 heterocycles. The lowest BCUT2D eigenvalue weighted by Crippen LogP contribution is -2.56. The largest absolute Gasteiger partial charge is 0.481 e. The van der Waals surface area contributed by atoms with Gasteiger partial charge in [0.2, 0.25) is 0 Å². The van der Waals surface area contributed by atoms with Crippen molar-refractivity contribution in [3.05, 3.63) is 0 Å². The van der Waals surface area contributed by atoms with Crippen LogP contribution in [0.4, 0.5) is 4.79 Å². The summed E-state index contributed by atoms with van der Waals surface area (Å²) < 4.78 is 10.5. The van der Waals surface area contributed by atoms with E-state index in [2.05, 4.69) is 0 Å². The number of carbonyl (C=O) groups is 2. The number of hydrogen-bond acceptors (Lipinski definition) is 4. The smallest absolute Gasteiger partial charge is 0.410 e. The van der Waals surface area contributed by atoms with Crippen molar-refractivity contribution in [2.24, 2.45) is 5.41 Å². The Morgan fingerprint density at radius 1 is 1.32 bits per heavy atom. The molecule has 3 aliphatic rings. The summed E-state index contributed by atoms with van der Waals surface area (Å²) in [5.74, 6) is -0.842. The molecule has 0 aromatic rings. The molecule has 0 aromatic carbocycles. The van der Waals surface area contributed by atoms with E-state index in [0.29, 0.717) is 19.4 Å². The predicted molar refractivity (Wildman–Crippen MR) is 66.8 cm³/mol. The number of fused-ring (bicyclic) bond motifs is 1. The Morgan fingerprint density at radius 3 is 2.32 bits per heavy atom. The van der Waals surface area contributed by atoms with Crippen LogP contribution in [-0.4, -0.2) is 53.5 Å². The number of carboxylic acid groups (broad SMARTS) is 1. The van der Waals surface area contributed by atoms with E-state index in [-0.39, 0.29) is 6.54 Å². The molecule has 1 N–H and O–H groups in total. The average molecular weight is 271 g/mol. The zero-order valence-corrected chi connectivity index (χ0v) is 11.9. The van der Waals surface area contributed by atoms with Gasteiger partial charge in [-0.05, 0) is 33.6 Å². The van der Waals surface area contributed by atoms with Gasteiger partial charge in [0.05, 0.1) is 17.6 Å². The molecular weight excluding hydrogens is 250 g/mol. The van der Waals surface area contributed by atoms with E-state index in [0.717, 1.165) is 0 Å². The normalized spacial score (nSPS) is 32.9. The van der Waals surface area contributed by atoms with Crippen molar-refractivity contribution in [1.29, 1.82) is 0 Å². The highest BCUT2D eigenvalue weighted by Crippen LogP contribution is 2.59. The number of aliphatic carboxylic acids is 1. The molecule has 0 unspecified atom stereocenters. The van der Waals surface area contributed by atoms with E-state index in [9.17, 15) is 14.7 Å². The first-order valence-electron chi connectivity index (χ1n) is 6.37. The molecule has 2 bridgehead atoms. The lowest BCUT2D eigenvalue weighted by Gasteiger charge is -2.45.